The third-order valence-electron chi connectivity index (χ3n) is 0.316. The topological polar surface area (TPSA) is 60.7 Å². The second-order valence-electron chi connectivity index (χ2n) is 0.832. The number of aliphatic hydroxyl groups is 3. The third kappa shape index (κ3) is 3.88. The van der Waals surface area contributed by atoms with Crippen molar-refractivity contribution in [1.82, 2.24) is 0 Å². The van der Waals surface area contributed by atoms with Crippen LogP contribution < -0.4 is 0 Å². The first-order valence-electron chi connectivity index (χ1n) is 1.57. The molecule has 0 aliphatic carbocycles. The van der Waals surface area contributed by atoms with Crippen molar-refractivity contribution in [3.63, 3.8) is 0 Å². The molecule has 0 spiro atoms. The molecule has 37 valence electrons. The Morgan fingerprint density at radius 2 is 2.00 bits per heavy atom. The highest BCUT2D eigenvalue weighted by Crippen LogP contribution is 1.77. The summed E-state index contributed by atoms with van der Waals surface area (Å²) in [7, 11) is 0. The molecule has 6 heavy (non-hydrogen) atoms. The summed E-state index contributed by atoms with van der Waals surface area (Å²) in [5, 5.41) is 23.6. The Morgan fingerprint density at radius 1 is 1.50 bits per heavy atom. The summed E-state index contributed by atoms with van der Waals surface area (Å²) >= 11 is 0. The number of rotatable bonds is 2. The lowest BCUT2D eigenvalue weighted by Gasteiger charge is -1.93. The molecule has 0 aliphatic rings. The van der Waals surface area contributed by atoms with Gasteiger partial charge in [-0.1, -0.05) is 0 Å². The zero-order valence-corrected chi connectivity index (χ0v) is 3.20. The number of hydrogen-bond donors (Lipinski definition) is 3. The van der Waals surface area contributed by atoms with Crippen LogP contribution in [0.25, 0.3) is 0 Å². The van der Waals surface area contributed by atoms with Crippen LogP contribution in [0, 0.1) is 6.42 Å². The van der Waals surface area contributed by atoms with E-state index in [0.717, 1.165) is 6.42 Å². The second kappa shape index (κ2) is 3.08. The highest BCUT2D eigenvalue weighted by molar-refractivity contribution is 4.61. The lowest BCUT2D eigenvalue weighted by atomic mass is 10.5. The first-order valence-corrected chi connectivity index (χ1v) is 1.57. The van der Waals surface area contributed by atoms with E-state index in [0.29, 0.717) is 0 Å². The van der Waals surface area contributed by atoms with E-state index >= 15 is 0 Å². The molecule has 0 unspecified atom stereocenters. The van der Waals surface area contributed by atoms with E-state index in [2.05, 4.69) is 0 Å². The maximum atomic E-state index is 7.89. The molecule has 0 aromatic carbocycles. The number of hydrogen-bond acceptors (Lipinski definition) is 3. The Balaban J connectivity index is 2.63. The predicted molar refractivity (Wildman–Crippen MR) is 19.6 cm³/mol. The molecule has 0 atom stereocenters. The highest BCUT2D eigenvalue weighted by Gasteiger charge is 1.91. The van der Waals surface area contributed by atoms with Gasteiger partial charge in [-0.3, -0.25) is 0 Å². The molecule has 3 nitrogen and oxygen atoms in total. The van der Waals surface area contributed by atoms with Crippen molar-refractivity contribution < 1.29 is 15.3 Å². The normalized spacial score (nSPS) is 10.0. The molecule has 0 aromatic rings. The van der Waals surface area contributed by atoms with E-state index in [1.807, 2.05) is 0 Å². The molecule has 0 heterocycles. The van der Waals surface area contributed by atoms with Gasteiger partial charge in [0.05, 0.1) is 6.61 Å². The quantitative estimate of drug-likeness (QED) is 0.362. The van der Waals surface area contributed by atoms with Gasteiger partial charge in [-0.05, 0) is 0 Å². The van der Waals surface area contributed by atoms with Crippen molar-refractivity contribution in [2.24, 2.45) is 0 Å². The van der Waals surface area contributed by atoms with E-state index in [9.17, 15) is 0 Å². The van der Waals surface area contributed by atoms with Gasteiger partial charge in [0.1, 0.15) is 0 Å². The van der Waals surface area contributed by atoms with Gasteiger partial charge in [-0.25, -0.2) is 0 Å². The summed E-state index contributed by atoms with van der Waals surface area (Å²) in [5.74, 6) is 0. The standard InChI is InChI=1S/C3H7O3/c4-2-1-3(5)6/h1,3-6H,2H2. The summed E-state index contributed by atoms with van der Waals surface area (Å²) in [4.78, 5) is 0. The Hall–Kier alpha value is -0.120. The van der Waals surface area contributed by atoms with Crippen LogP contribution in [0.1, 0.15) is 0 Å². The molecule has 0 saturated heterocycles. The van der Waals surface area contributed by atoms with Crippen molar-refractivity contribution in [2.75, 3.05) is 6.61 Å². The Bertz CT molecular complexity index is 27.2. The fraction of sp³-hybridized carbons (Fsp3) is 0.667. The van der Waals surface area contributed by atoms with Crippen molar-refractivity contribution in [1.29, 1.82) is 0 Å². The molecular weight excluding hydrogens is 84.0 g/mol. The molecule has 0 fully saturated rings. The van der Waals surface area contributed by atoms with Gasteiger partial charge in [0.25, 0.3) is 0 Å². The zero-order valence-electron chi connectivity index (χ0n) is 3.20. The lowest BCUT2D eigenvalue weighted by molar-refractivity contribution is -0.0185. The van der Waals surface area contributed by atoms with Gasteiger partial charge in [0, 0.05) is 6.42 Å². The van der Waals surface area contributed by atoms with Crippen molar-refractivity contribution in [3.05, 3.63) is 6.42 Å². The summed E-state index contributed by atoms with van der Waals surface area (Å²) in [6, 6.07) is 0. The fourth-order valence-corrected chi connectivity index (χ4v) is 0.0943. The van der Waals surface area contributed by atoms with Crippen LogP contribution in [-0.2, 0) is 0 Å². The Kier molecular flexibility index (Phi) is 3.02. The van der Waals surface area contributed by atoms with E-state index in [-0.39, 0.29) is 6.61 Å². The summed E-state index contributed by atoms with van der Waals surface area (Å²) < 4.78 is 0. The monoisotopic (exact) mass is 91.0 g/mol. The van der Waals surface area contributed by atoms with Crippen LogP contribution in [-0.4, -0.2) is 28.2 Å². The van der Waals surface area contributed by atoms with Gasteiger partial charge in [-0.15, -0.1) is 0 Å². The van der Waals surface area contributed by atoms with Crippen molar-refractivity contribution in [2.45, 2.75) is 6.29 Å². The molecule has 3 heteroatoms. The molecule has 0 amide bonds. The second-order valence-corrected chi connectivity index (χ2v) is 0.832. The molecule has 0 saturated carbocycles. The lowest BCUT2D eigenvalue weighted by Crippen LogP contribution is -2.06. The fourth-order valence-electron chi connectivity index (χ4n) is 0.0943. The van der Waals surface area contributed by atoms with Crippen LogP contribution >= 0.6 is 0 Å². The van der Waals surface area contributed by atoms with Gasteiger partial charge < -0.3 is 15.3 Å². The molecule has 3 N–H and O–H groups in total. The van der Waals surface area contributed by atoms with E-state index in [1.165, 1.54) is 0 Å². The summed E-state index contributed by atoms with van der Waals surface area (Å²) in [6.07, 6.45) is -0.519. The smallest absolute Gasteiger partial charge is 0.157 e. The van der Waals surface area contributed by atoms with Crippen LogP contribution in [0.15, 0.2) is 0 Å². The Labute approximate surface area is 35.9 Å². The largest absolute Gasteiger partial charge is 0.396 e. The maximum absolute atomic E-state index is 7.89. The SMILES string of the molecule is OC[CH]C(O)O. The Morgan fingerprint density at radius 3 is 2.00 bits per heavy atom. The van der Waals surface area contributed by atoms with Gasteiger partial charge in [0.2, 0.25) is 0 Å². The highest BCUT2D eigenvalue weighted by atomic mass is 16.5. The first kappa shape index (κ1) is 5.88. The molecular formula is C3H7O3. The molecule has 0 aromatic heterocycles. The predicted octanol–water partition coefficient (Wildman–Crippen LogP) is -1.51. The minimum Gasteiger partial charge on any atom is -0.396 e. The molecule has 0 aliphatic heterocycles. The molecule has 0 rings (SSSR count). The van der Waals surface area contributed by atoms with Crippen LogP contribution in [0.4, 0.5) is 0 Å². The zero-order chi connectivity index (χ0) is 4.99. The maximum Gasteiger partial charge on any atom is 0.157 e. The summed E-state index contributed by atoms with van der Waals surface area (Å²) in [6.45, 7) is -0.294. The van der Waals surface area contributed by atoms with Crippen LogP contribution in [0.2, 0.25) is 0 Å². The number of aliphatic hydroxyl groups excluding tert-OH is 2. The molecule has 1 radical (unpaired) electrons. The summed E-state index contributed by atoms with van der Waals surface area (Å²) in [5.41, 5.74) is 0. The minimum absolute atomic E-state index is 0.294. The van der Waals surface area contributed by atoms with Crippen LogP contribution in [0.3, 0.4) is 0 Å². The van der Waals surface area contributed by atoms with Crippen molar-refractivity contribution >= 4 is 0 Å². The minimum atomic E-state index is -1.48. The van der Waals surface area contributed by atoms with Gasteiger partial charge in [-0.2, -0.15) is 0 Å². The van der Waals surface area contributed by atoms with Gasteiger partial charge >= 0.3 is 0 Å². The average Bonchev–Trinajstić information content (AvgIpc) is 1.35. The van der Waals surface area contributed by atoms with Crippen LogP contribution in [0.5, 0.6) is 0 Å². The van der Waals surface area contributed by atoms with Crippen molar-refractivity contribution in [3.8, 4) is 0 Å². The van der Waals surface area contributed by atoms with E-state index < -0.39 is 6.29 Å². The molecule has 0 bridgehead atoms. The van der Waals surface area contributed by atoms with E-state index in [4.69, 9.17) is 15.3 Å². The third-order valence-corrected chi connectivity index (χ3v) is 0.316. The van der Waals surface area contributed by atoms with E-state index in [1.54, 1.807) is 0 Å². The van der Waals surface area contributed by atoms with Gasteiger partial charge in [0.15, 0.2) is 6.29 Å². The average molecular weight is 91.1 g/mol. The first-order chi connectivity index (χ1) is 2.77.